The first-order valence-electron chi connectivity index (χ1n) is 11.2. The molecule has 4 aliphatic carbocycles. The molecule has 0 aromatic heterocycles. The number of Topliss-reactive ketones (excluding diaryl/α,β-unsaturated/α-hetero) is 1. The highest BCUT2D eigenvalue weighted by atomic mass is 16.5. The summed E-state index contributed by atoms with van der Waals surface area (Å²) in [4.78, 5) is 28.6. The summed E-state index contributed by atoms with van der Waals surface area (Å²) in [6, 6.07) is 0. The van der Waals surface area contributed by atoms with Gasteiger partial charge in [-0.1, -0.05) is 33.3 Å². The number of hydrogen-bond donors (Lipinski definition) is 1. The normalized spacial score (nSPS) is 49.8. The fraction of sp³-hybridized carbons (Fsp3) is 0.826. The molecule has 1 spiro atoms. The van der Waals surface area contributed by atoms with Crippen molar-refractivity contribution in [2.24, 2.45) is 34.5 Å². The molecule has 5 nitrogen and oxygen atoms in total. The van der Waals surface area contributed by atoms with Gasteiger partial charge in [-0.2, -0.15) is 0 Å². The highest BCUT2D eigenvalue weighted by molar-refractivity contribution is 6.02. The number of nitrogens with zero attached hydrogens (tertiary/aromatic N) is 1. The second-order valence-electron chi connectivity index (χ2n) is 10.0. The fourth-order valence-corrected chi connectivity index (χ4v) is 8.02. The molecular formula is C23H33NO4. The van der Waals surface area contributed by atoms with E-state index < -0.39 is 11.5 Å². The Bertz CT molecular complexity index is 734. The number of unbranched alkanes of at least 4 members (excludes halogenated alkanes) is 1. The second kappa shape index (κ2) is 6.15. The Hall–Kier alpha value is -1.20. The van der Waals surface area contributed by atoms with Crippen molar-refractivity contribution in [3.63, 3.8) is 0 Å². The van der Waals surface area contributed by atoms with Gasteiger partial charge in [0.15, 0.2) is 5.78 Å². The predicted molar refractivity (Wildman–Crippen MR) is 104 cm³/mol. The molecule has 2 saturated heterocycles. The van der Waals surface area contributed by atoms with E-state index in [0.29, 0.717) is 19.6 Å². The minimum absolute atomic E-state index is 0.0805. The van der Waals surface area contributed by atoms with Crippen molar-refractivity contribution in [2.45, 2.75) is 71.1 Å². The van der Waals surface area contributed by atoms with Gasteiger partial charge in [-0.05, 0) is 55.4 Å². The molecule has 154 valence electrons. The van der Waals surface area contributed by atoms with Crippen LogP contribution in [0.2, 0.25) is 0 Å². The van der Waals surface area contributed by atoms with E-state index in [4.69, 9.17) is 4.74 Å². The van der Waals surface area contributed by atoms with Gasteiger partial charge in [-0.15, -0.1) is 0 Å². The Morgan fingerprint density at radius 1 is 1.32 bits per heavy atom. The van der Waals surface area contributed by atoms with Crippen LogP contribution in [0.25, 0.3) is 0 Å². The third kappa shape index (κ3) is 2.00. The monoisotopic (exact) mass is 387 g/mol. The molecule has 1 amide bonds. The van der Waals surface area contributed by atoms with Gasteiger partial charge in [0, 0.05) is 17.9 Å². The number of amides is 1. The zero-order valence-electron chi connectivity index (χ0n) is 17.2. The fourth-order valence-electron chi connectivity index (χ4n) is 8.02. The third-order valence-electron chi connectivity index (χ3n) is 9.26. The summed E-state index contributed by atoms with van der Waals surface area (Å²) in [5, 5.41) is 11.4. The SMILES string of the molecule is C=C1C(=O)[C@]23CC[C@H]1CC2C1(CCCC)C(C[C@H]3O)[C@H](C)C(=O)N2CCO[C@@H]21. The molecule has 6 aliphatic rings. The number of aliphatic hydroxyl groups is 1. The maximum atomic E-state index is 13.5. The average molecular weight is 388 g/mol. The molecule has 3 unspecified atom stereocenters. The largest absolute Gasteiger partial charge is 0.392 e. The van der Waals surface area contributed by atoms with Crippen LogP contribution in [0.15, 0.2) is 12.2 Å². The van der Waals surface area contributed by atoms with Crippen molar-refractivity contribution >= 4 is 11.7 Å². The minimum Gasteiger partial charge on any atom is -0.392 e. The quantitative estimate of drug-likeness (QED) is 0.756. The molecule has 0 aromatic carbocycles. The van der Waals surface area contributed by atoms with E-state index in [1.807, 2.05) is 11.8 Å². The highest BCUT2D eigenvalue weighted by Crippen LogP contribution is 2.70. The van der Waals surface area contributed by atoms with Crippen molar-refractivity contribution in [1.82, 2.24) is 4.90 Å². The molecule has 5 heteroatoms. The molecule has 28 heavy (non-hydrogen) atoms. The van der Waals surface area contributed by atoms with E-state index in [-0.39, 0.29) is 47.0 Å². The number of fused-ring (bicyclic) bond motifs is 5. The molecule has 1 N–H and O–H groups in total. The Labute approximate surface area is 167 Å². The van der Waals surface area contributed by atoms with Crippen LogP contribution < -0.4 is 0 Å². The van der Waals surface area contributed by atoms with Gasteiger partial charge in [0.05, 0.1) is 18.1 Å². The van der Waals surface area contributed by atoms with Crippen molar-refractivity contribution in [1.29, 1.82) is 0 Å². The number of carbonyl (C=O) groups is 2. The lowest BCUT2D eigenvalue weighted by Gasteiger charge is -2.69. The molecule has 0 aromatic rings. The van der Waals surface area contributed by atoms with Gasteiger partial charge in [0.2, 0.25) is 5.91 Å². The van der Waals surface area contributed by atoms with E-state index >= 15 is 0 Å². The van der Waals surface area contributed by atoms with Crippen LogP contribution in [-0.4, -0.2) is 47.2 Å². The van der Waals surface area contributed by atoms with Crippen LogP contribution in [-0.2, 0) is 14.3 Å². The number of aliphatic hydroxyl groups excluding tert-OH is 1. The smallest absolute Gasteiger partial charge is 0.227 e. The van der Waals surface area contributed by atoms with Crippen molar-refractivity contribution in [2.75, 3.05) is 13.2 Å². The molecule has 2 aliphatic heterocycles. The lowest BCUT2D eigenvalue weighted by molar-refractivity contribution is -0.256. The van der Waals surface area contributed by atoms with Gasteiger partial charge in [-0.3, -0.25) is 9.59 Å². The zero-order valence-corrected chi connectivity index (χ0v) is 17.2. The number of ether oxygens (including phenoxy) is 1. The highest BCUT2D eigenvalue weighted by Gasteiger charge is 2.74. The summed E-state index contributed by atoms with van der Waals surface area (Å²) in [5.41, 5.74) is -0.211. The first kappa shape index (κ1) is 18.8. The number of allylic oxidation sites excluding steroid dienone is 1. The van der Waals surface area contributed by atoms with Crippen LogP contribution in [0.3, 0.4) is 0 Å². The molecular weight excluding hydrogens is 354 g/mol. The topological polar surface area (TPSA) is 66.8 Å². The van der Waals surface area contributed by atoms with Crippen molar-refractivity contribution in [3.8, 4) is 0 Å². The Balaban J connectivity index is 1.70. The number of ketones is 1. The lowest BCUT2D eigenvalue weighted by atomic mass is 9.37. The number of piperidine rings is 1. The Kier molecular flexibility index (Phi) is 4.13. The molecule has 4 saturated carbocycles. The van der Waals surface area contributed by atoms with E-state index in [9.17, 15) is 14.7 Å². The summed E-state index contributed by atoms with van der Waals surface area (Å²) in [7, 11) is 0. The lowest BCUT2D eigenvalue weighted by Crippen LogP contribution is -2.73. The van der Waals surface area contributed by atoms with Gasteiger partial charge in [0.25, 0.3) is 0 Å². The van der Waals surface area contributed by atoms with Gasteiger partial charge in [-0.25, -0.2) is 0 Å². The van der Waals surface area contributed by atoms with Crippen LogP contribution in [0, 0.1) is 34.5 Å². The number of rotatable bonds is 3. The van der Waals surface area contributed by atoms with Crippen LogP contribution >= 0.6 is 0 Å². The summed E-state index contributed by atoms with van der Waals surface area (Å²) < 4.78 is 6.29. The summed E-state index contributed by atoms with van der Waals surface area (Å²) in [6.45, 7) is 9.59. The van der Waals surface area contributed by atoms with E-state index in [1.165, 1.54) is 0 Å². The molecule has 6 fully saturated rings. The number of carbonyl (C=O) groups excluding carboxylic acids is 2. The summed E-state index contributed by atoms with van der Waals surface area (Å²) in [5.74, 6) is 0.540. The predicted octanol–water partition coefficient (Wildman–Crippen LogP) is 2.92. The first-order valence-corrected chi connectivity index (χ1v) is 11.2. The molecule has 2 heterocycles. The second-order valence-corrected chi connectivity index (χ2v) is 10.0. The standard InChI is InChI=1S/C23H33NO4/c1-4-5-7-22-16(14(3)20(27)24-9-10-28-21(22)24)12-18(25)23-8-6-15(11-17(22)23)13(2)19(23)26/h14-18,21,25H,2,4-12H2,1,3H3/t14-,15-,16?,17?,18+,21+,22?,23+/m0/s1. The summed E-state index contributed by atoms with van der Waals surface area (Å²) in [6.07, 6.45) is 5.37. The van der Waals surface area contributed by atoms with Gasteiger partial charge >= 0.3 is 0 Å². The van der Waals surface area contributed by atoms with Crippen LogP contribution in [0.4, 0.5) is 0 Å². The van der Waals surface area contributed by atoms with E-state index in [2.05, 4.69) is 13.5 Å². The molecule has 0 radical (unpaired) electrons. The van der Waals surface area contributed by atoms with Gasteiger partial charge in [0.1, 0.15) is 6.23 Å². The third-order valence-corrected chi connectivity index (χ3v) is 9.26. The van der Waals surface area contributed by atoms with Gasteiger partial charge < -0.3 is 14.7 Å². The molecule has 2 bridgehead atoms. The summed E-state index contributed by atoms with van der Waals surface area (Å²) >= 11 is 0. The van der Waals surface area contributed by atoms with E-state index in [1.54, 1.807) is 0 Å². The van der Waals surface area contributed by atoms with Crippen LogP contribution in [0.1, 0.15) is 58.8 Å². The zero-order chi connectivity index (χ0) is 19.8. The van der Waals surface area contributed by atoms with Crippen molar-refractivity contribution < 1.29 is 19.4 Å². The Morgan fingerprint density at radius 3 is 2.86 bits per heavy atom. The Morgan fingerprint density at radius 2 is 2.11 bits per heavy atom. The minimum atomic E-state index is -0.714. The maximum absolute atomic E-state index is 13.5. The van der Waals surface area contributed by atoms with Crippen LogP contribution in [0.5, 0.6) is 0 Å². The average Bonchev–Trinajstić information content (AvgIpc) is 3.19. The maximum Gasteiger partial charge on any atom is 0.227 e. The first-order chi connectivity index (χ1) is 13.4. The van der Waals surface area contributed by atoms with E-state index in [0.717, 1.165) is 44.1 Å². The molecule has 6 rings (SSSR count). The van der Waals surface area contributed by atoms with Crippen molar-refractivity contribution in [3.05, 3.63) is 12.2 Å². The molecule has 8 atom stereocenters. The number of hydrogen-bond acceptors (Lipinski definition) is 4.